The van der Waals surface area contributed by atoms with E-state index in [-0.39, 0.29) is 0 Å². The smallest absolute Gasteiger partial charge is 0.222 e. The van der Waals surface area contributed by atoms with Crippen LogP contribution in [0, 0.1) is 6.92 Å². The molecule has 6 nitrogen and oxygen atoms in total. The summed E-state index contributed by atoms with van der Waals surface area (Å²) < 4.78 is 0. The topological polar surface area (TPSA) is 66.8 Å². The molecule has 3 aromatic rings. The Bertz CT molecular complexity index is 881. The molecule has 0 amide bonds. The molecule has 3 rings (SSSR count). The second-order valence-electron chi connectivity index (χ2n) is 7.27. The zero-order chi connectivity index (χ0) is 20.5. The molecular formula is C22H28N6S. The molecule has 1 N–H and O–H groups in total. The predicted molar refractivity (Wildman–Crippen MR) is 120 cm³/mol. The van der Waals surface area contributed by atoms with E-state index in [2.05, 4.69) is 62.4 Å². The lowest BCUT2D eigenvalue weighted by Gasteiger charge is -2.10. The molecule has 0 unspecified atom stereocenters. The Morgan fingerprint density at radius 1 is 0.931 bits per heavy atom. The van der Waals surface area contributed by atoms with Gasteiger partial charge < -0.3 is 10.2 Å². The van der Waals surface area contributed by atoms with Gasteiger partial charge in [0.15, 0.2) is 0 Å². The van der Waals surface area contributed by atoms with Crippen LogP contribution >= 0.6 is 11.8 Å². The summed E-state index contributed by atoms with van der Waals surface area (Å²) in [5.41, 5.74) is 5.70. The lowest BCUT2D eigenvalue weighted by Crippen LogP contribution is -2.11. The van der Waals surface area contributed by atoms with E-state index in [1.807, 2.05) is 49.5 Å². The van der Waals surface area contributed by atoms with Crippen molar-refractivity contribution in [2.45, 2.75) is 25.6 Å². The summed E-state index contributed by atoms with van der Waals surface area (Å²) in [4.78, 5) is 19.8. The Kier molecular flexibility index (Phi) is 7.95. The fourth-order valence-corrected chi connectivity index (χ4v) is 3.62. The van der Waals surface area contributed by atoms with E-state index in [0.29, 0.717) is 5.95 Å². The van der Waals surface area contributed by atoms with Gasteiger partial charge in [0.2, 0.25) is 5.95 Å². The summed E-state index contributed by atoms with van der Waals surface area (Å²) >= 11 is 1.86. The van der Waals surface area contributed by atoms with E-state index < -0.39 is 0 Å². The minimum Gasteiger partial charge on any atom is -0.353 e. The van der Waals surface area contributed by atoms with Gasteiger partial charge in [-0.3, -0.25) is 9.97 Å². The van der Waals surface area contributed by atoms with Crippen LogP contribution in [0.3, 0.4) is 0 Å². The normalized spacial score (nSPS) is 11.0. The number of thioether (sulfide) groups is 1. The van der Waals surface area contributed by atoms with Crippen molar-refractivity contribution in [1.82, 2.24) is 24.8 Å². The van der Waals surface area contributed by atoms with Crippen molar-refractivity contribution in [2.24, 2.45) is 0 Å². The number of nitrogens with zero attached hydrogens (tertiary/aromatic N) is 5. The molecular weight excluding hydrogens is 380 g/mol. The van der Waals surface area contributed by atoms with E-state index in [9.17, 15) is 0 Å². The molecule has 0 aromatic carbocycles. The van der Waals surface area contributed by atoms with Gasteiger partial charge in [-0.2, -0.15) is 11.8 Å². The number of rotatable bonds is 10. The molecule has 29 heavy (non-hydrogen) atoms. The molecule has 0 aliphatic rings. The standard InChI is InChI=1S/C22H28N6S/c1-17-4-5-18(12-25-17)10-20-13-26-22(27-14-20)24-8-9-29-16-21-11-19(6-7-23-21)15-28(2)3/h4-7,11-14H,8-10,15-16H2,1-3H3,(H,24,26,27). The van der Waals surface area contributed by atoms with E-state index in [4.69, 9.17) is 0 Å². The number of aromatic nitrogens is 4. The van der Waals surface area contributed by atoms with Gasteiger partial charge in [-0.1, -0.05) is 6.07 Å². The van der Waals surface area contributed by atoms with Crippen molar-refractivity contribution in [3.8, 4) is 0 Å². The number of hydrogen-bond donors (Lipinski definition) is 1. The highest BCUT2D eigenvalue weighted by Crippen LogP contribution is 2.13. The number of pyridine rings is 2. The molecule has 0 saturated heterocycles. The lowest BCUT2D eigenvalue weighted by molar-refractivity contribution is 0.402. The lowest BCUT2D eigenvalue weighted by atomic mass is 10.1. The van der Waals surface area contributed by atoms with Crippen molar-refractivity contribution in [3.05, 3.63) is 77.1 Å². The molecule has 0 saturated carbocycles. The Morgan fingerprint density at radius 2 is 1.72 bits per heavy atom. The van der Waals surface area contributed by atoms with Crippen LogP contribution in [0.5, 0.6) is 0 Å². The molecule has 0 atom stereocenters. The van der Waals surface area contributed by atoms with Crippen molar-refractivity contribution < 1.29 is 0 Å². The second-order valence-corrected chi connectivity index (χ2v) is 8.38. The van der Waals surface area contributed by atoms with Gasteiger partial charge in [-0.05, 0) is 55.9 Å². The third-order valence-corrected chi connectivity index (χ3v) is 5.24. The van der Waals surface area contributed by atoms with Crippen LogP contribution in [-0.4, -0.2) is 51.2 Å². The van der Waals surface area contributed by atoms with Gasteiger partial charge in [-0.15, -0.1) is 0 Å². The minimum absolute atomic E-state index is 0.669. The van der Waals surface area contributed by atoms with Crippen molar-refractivity contribution in [1.29, 1.82) is 0 Å². The third-order valence-electron chi connectivity index (χ3n) is 4.25. The predicted octanol–water partition coefficient (Wildman–Crippen LogP) is 3.57. The van der Waals surface area contributed by atoms with Crippen molar-refractivity contribution >= 4 is 17.7 Å². The van der Waals surface area contributed by atoms with Crippen molar-refractivity contribution in [2.75, 3.05) is 31.7 Å². The molecule has 0 aliphatic heterocycles. The molecule has 0 radical (unpaired) electrons. The van der Waals surface area contributed by atoms with Gasteiger partial charge in [-0.25, -0.2) is 9.97 Å². The highest BCUT2D eigenvalue weighted by molar-refractivity contribution is 7.98. The highest BCUT2D eigenvalue weighted by atomic mass is 32.2. The number of hydrogen-bond acceptors (Lipinski definition) is 7. The first kappa shape index (κ1) is 21.2. The van der Waals surface area contributed by atoms with E-state index in [0.717, 1.165) is 48.0 Å². The molecule has 0 bridgehead atoms. The summed E-state index contributed by atoms with van der Waals surface area (Å²) in [7, 11) is 4.16. The molecule has 7 heteroatoms. The van der Waals surface area contributed by atoms with Crippen LogP contribution < -0.4 is 5.32 Å². The second kappa shape index (κ2) is 10.9. The summed E-state index contributed by atoms with van der Waals surface area (Å²) in [5, 5.41) is 3.28. The van der Waals surface area contributed by atoms with Crippen LogP contribution in [0.2, 0.25) is 0 Å². The Morgan fingerprint density at radius 3 is 2.45 bits per heavy atom. The molecule has 0 spiro atoms. The molecule has 0 aliphatic carbocycles. The zero-order valence-corrected chi connectivity index (χ0v) is 18.1. The average Bonchev–Trinajstić information content (AvgIpc) is 2.70. The summed E-state index contributed by atoms with van der Waals surface area (Å²) in [6, 6.07) is 8.38. The maximum absolute atomic E-state index is 4.46. The van der Waals surface area contributed by atoms with E-state index in [1.54, 1.807) is 0 Å². The van der Waals surface area contributed by atoms with Gasteiger partial charge in [0, 0.05) is 61.5 Å². The number of aryl methyl sites for hydroxylation is 1. The summed E-state index contributed by atoms with van der Waals surface area (Å²) in [6.07, 6.45) is 8.35. The Hall–Kier alpha value is -2.51. The average molecular weight is 409 g/mol. The number of nitrogens with one attached hydrogen (secondary N) is 1. The molecule has 3 heterocycles. The van der Waals surface area contributed by atoms with E-state index in [1.165, 1.54) is 11.1 Å². The fraction of sp³-hybridized carbons (Fsp3) is 0.364. The monoisotopic (exact) mass is 408 g/mol. The molecule has 0 fully saturated rings. The Balaban J connectivity index is 1.38. The van der Waals surface area contributed by atoms with Crippen LogP contribution in [0.15, 0.2) is 49.1 Å². The highest BCUT2D eigenvalue weighted by Gasteiger charge is 2.02. The fourth-order valence-electron chi connectivity index (χ4n) is 2.86. The van der Waals surface area contributed by atoms with Crippen LogP contribution in [0.4, 0.5) is 5.95 Å². The minimum atomic E-state index is 0.669. The number of anilines is 1. The molecule has 152 valence electrons. The first-order valence-corrected chi connectivity index (χ1v) is 10.9. The van der Waals surface area contributed by atoms with Crippen molar-refractivity contribution in [3.63, 3.8) is 0 Å². The first-order valence-electron chi connectivity index (χ1n) is 9.71. The third kappa shape index (κ3) is 7.44. The van der Waals surface area contributed by atoms with Crippen LogP contribution in [0.1, 0.15) is 28.1 Å². The zero-order valence-electron chi connectivity index (χ0n) is 17.3. The maximum Gasteiger partial charge on any atom is 0.222 e. The Labute approximate surface area is 177 Å². The molecule has 3 aromatic heterocycles. The first-order chi connectivity index (χ1) is 14.1. The van der Waals surface area contributed by atoms with Crippen LogP contribution in [0.25, 0.3) is 0 Å². The summed E-state index contributed by atoms with van der Waals surface area (Å²) in [6.45, 7) is 3.75. The SMILES string of the molecule is Cc1ccc(Cc2cnc(NCCSCc3cc(CN(C)C)ccn3)nc2)cn1. The summed E-state index contributed by atoms with van der Waals surface area (Å²) in [5.74, 6) is 2.55. The maximum atomic E-state index is 4.46. The van der Waals surface area contributed by atoms with Gasteiger partial charge in [0.25, 0.3) is 0 Å². The van der Waals surface area contributed by atoms with Gasteiger partial charge in [0.1, 0.15) is 0 Å². The largest absolute Gasteiger partial charge is 0.353 e. The van der Waals surface area contributed by atoms with Crippen LogP contribution in [-0.2, 0) is 18.7 Å². The van der Waals surface area contributed by atoms with E-state index >= 15 is 0 Å². The van der Waals surface area contributed by atoms with Gasteiger partial charge in [0.05, 0.1) is 5.69 Å². The quantitative estimate of drug-likeness (QED) is 0.514. The van der Waals surface area contributed by atoms with Gasteiger partial charge >= 0.3 is 0 Å².